The second-order valence-electron chi connectivity index (χ2n) is 13.5. The Labute approximate surface area is 323 Å². The Morgan fingerprint density at radius 3 is 1.16 bits per heavy atom. The molecular formula is C36H60N5O13P. The number of carboxylic acids is 3. The van der Waals surface area contributed by atoms with Gasteiger partial charge >= 0.3 is 17.9 Å². The molecule has 0 aliphatic heterocycles. The molecule has 0 radical (unpaired) electrons. The molecule has 19 heteroatoms. The van der Waals surface area contributed by atoms with E-state index in [1.54, 1.807) is 0 Å². The monoisotopic (exact) mass is 801 g/mol. The summed E-state index contributed by atoms with van der Waals surface area (Å²) in [4.78, 5) is 119. The summed E-state index contributed by atoms with van der Waals surface area (Å²) in [6, 6.07) is -5.11. The Morgan fingerprint density at radius 2 is 0.800 bits per heavy atom. The lowest BCUT2D eigenvalue weighted by molar-refractivity contribution is -0.142. The van der Waals surface area contributed by atoms with Gasteiger partial charge in [0.2, 0.25) is 29.5 Å². The molecular weight excluding hydrogens is 741 g/mol. The van der Waals surface area contributed by atoms with Gasteiger partial charge < -0.3 is 42.3 Å². The number of ketones is 2. The predicted molar refractivity (Wildman–Crippen MR) is 202 cm³/mol. The molecule has 1 unspecified atom stereocenters. The van der Waals surface area contributed by atoms with Crippen LogP contribution in [-0.2, 0) is 47.9 Å². The van der Waals surface area contributed by atoms with E-state index in [0.29, 0.717) is 12.8 Å². The van der Waals surface area contributed by atoms with Crippen molar-refractivity contribution in [2.75, 3.05) is 6.16 Å². The fraction of sp³-hybridized carbons (Fsp3) is 0.722. The van der Waals surface area contributed by atoms with Crippen LogP contribution in [0.25, 0.3) is 0 Å². The average molecular weight is 802 g/mol. The second kappa shape index (κ2) is 29.8. The second-order valence-corrected chi connectivity index (χ2v) is 13.9. The van der Waals surface area contributed by atoms with Gasteiger partial charge in [-0.25, -0.2) is 9.59 Å². The number of nitrogens with two attached hydrogens (primary N) is 1. The normalized spacial score (nSPS) is 13.0. The summed E-state index contributed by atoms with van der Waals surface area (Å²) in [6.45, 7) is 1.17. The molecule has 0 saturated carbocycles. The quantitative estimate of drug-likeness (QED) is 0.0338. The van der Waals surface area contributed by atoms with Crippen LogP contribution in [-0.4, -0.2) is 105 Å². The summed E-state index contributed by atoms with van der Waals surface area (Å²) >= 11 is 0. The number of nitrogens with one attached hydrogen (secondary N) is 4. The lowest BCUT2D eigenvalue weighted by atomic mass is 10.0. The minimum Gasteiger partial charge on any atom is -0.481 e. The van der Waals surface area contributed by atoms with Crippen LogP contribution in [0.4, 0.5) is 0 Å². The SMILES string of the molecule is CC(=O)[C@H](CCC(=O)N[C@@H](CCC(=O)N[C@@H](CCC(=O)CP)C(N)=O)C(=O)O)NC(=O)CC[C@H](NC(=O)CCCCCCCCCCCCC(=O)O)C(=O)O. The van der Waals surface area contributed by atoms with Crippen molar-refractivity contribution in [3.8, 4) is 0 Å². The first-order chi connectivity index (χ1) is 26.0. The van der Waals surface area contributed by atoms with Crippen molar-refractivity contribution < 1.29 is 63.3 Å². The van der Waals surface area contributed by atoms with E-state index in [1.165, 1.54) is 6.92 Å². The van der Waals surface area contributed by atoms with Crippen LogP contribution in [0.1, 0.15) is 135 Å². The van der Waals surface area contributed by atoms with E-state index in [0.717, 1.165) is 51.4 Å². The Bertz CT molecular complexity index is 1310. The highest BCUT2D eigenvalue weighted by molar-refractivity contribution is 7.18. The number of aliphatic carboxylic acids is 3. The largest absolute Gasteiger partial charge is 0.481 e. The molecule has 0 heterocycles. The third-order valence-electron chi connectivity index (χ3n) is 8.74. The molecule has 55 heavy (non-hydrogen) atoms. The van der Waals surface area contributed by atoms with Crippen molar-refractivity contribution in [1.29, 1.82) is 0 Å². The first kappa shape index (κ1) is 50.5. The third-order valence-corrected chi connectivity index (χ3v) is 9.19. The molecule has 0 aliphatic carbocycles. The van der Waals surface area contributed by atoms with Crippen molar-refractivity contribution in [1.82, 2.24) is 21.3 Å². The van der Waals surface area contributed by atoms with E-state index in [9.17, 15) is 58.2 Å². The van der Waals surface area contributed by atoms with Gasteiger partial charge in [0.15, 0.2) is 5.78 Å². The van der Waals surface area contributed by atoms with E-state index in [1.807, 2.05) is 0 Å². The third kappa shape index (κ3) is 26.9. The fourth-order valence-corrected chi connectivity index (χ4v) is 5.66. The minimum absolute atomic E-state index is 0.000891. The zero-order valence-corrected chi connectivity index (χ0v) is 32.9. The summed E-state index contributed by atoms with van der Waals surface area (Å²) in [7, 11) is 2.24. The van der Waals surface area contributed by atoms with Crippen molar-refractivity contribution in [2.45, 2.75) is 160 Å². The fourth-order valence-electron chi connectivity index (χ4n) is 5.45. The number of carboxylic acid groups (broad SMARTS) is 3. The predicted octanol–water partition coefficient (Wildman–Crippen LogP) is 1.50. The Hall–Kier alpha value is -4.47. The number of rotatable bonds is 34. The highest BCUT2D eigenvalue weighted by Crippen LogP contribution is 2.13. The van der Waals surface area contributed by atoms with Crippen molar-refractivity contribution in [3.05, 3.63) is 0 Å². The molecule has 5 atom stereocenters. The van der Waals surface area contributed by atoms with E-state index in [2.05, 4.69) is 30.5 Å². The van der Waals surface area contributed by atoms with Crippen LogP contribution in [0.3, 0.4) is 0 Å². The van der Waals surface area contributed by atoms with E-state index >= 15 is 0 Å². The maximum atomic E-state index is 12.6. The number of hydrogen-bond donors (Lipinski definition) is 8. The van der Waals surface area contributed by atoms with Gasteiger partial charge in [-0.1, -0.05) is 51.4 Å². The van der Waals surface area contributed by atoms with Crippen LogP contribution in [0.2, 0.25) is 0 Å². The molecule has 0 aromatic rings. The summed E-state index contributed by atoms with van der Waals surface area (Å²) in [5, 5.41) is 37.2. The molecule has 0 saturated heterocycles. The van der Waals surface area contributed by atoms with Crippen LogP contribution >= 0.6 is 9.24 Å². The van der Waals surface area contributed by atoms with Gasteiger partial charge in [-0.3, -0.25) is 38.4 Å². The zero-order valence-electron chi connectivity index (χ0n) is 31.7. The highest BCUT2D eigenvalue weighted by Gasteiger charge is 2.26. The molecule has 0 spiro atoms. The molecule has 0 bridgehead atoms. The summed E-state index contributed by atoms with van der Waals surface area (Å²) < 4.78 is 0. The molecule has 0 aliphatic rings. The van der Waals surface area contributed by atoms with Gasteiger partial charge in [-0.15, -0.1) is 9.24 Å². The summed E-state index contributed by atoms with van der Waals surface area (Å²) in [5.74, 6) is -7.74. The van der Waals surface area contributed by atoms with Crippen molar-refractivity contribution in [2.24, 2.45) is 5.73 Å². The maximum Gasteiger partial charge on any atom is 0.326 e. The lowest BCUT2D eigenvalue weighted by Gasteiger charge is -2.19. The van der Waals surface area contributed by atoms with Gasteiger partial charge in [-0.05, 0) is 45.4 Å². The smallest absolute Gasteiger partial charge is 0.326 e. The molecule has 5 amide bonds. The van der Waals surface area contributed by atoms with Gasteiger partial charge in [0.25, 0.3) is 0 Å². The Morgan fingerprint density at radius 1 is 0.473 bits per heavy atom. The standard InChI is InChI=1S/C36H60N5O13P/c1-23(42)25(16-19-32(47)41-28(36(53)54)18-21-31(46)39-26(34(37)50)15-14-24(43)22-55)38-30(45)20-17-27(35(51)52)40-29(44)12-10-8-6-4-2-3-5-7-9-11-13-33(48)49/h25-28H,2-22,55H2,1H3,(H2,37,50)(H,38,45)(H,39,46)(H,40,44)(H,41,47)(H,48,49)(H,51,52)(H,53,54)/t25-,26-,27-,28-/m0/s1. The van der Waals surface area contributed by atoms with E-state index in [4.69, 9.17) is 10.8 Å². The topological polar surface area (TPSA) is 306 Å². The molecule has 312 valence electrons. The number of carbonyl (C=O) groups excluding carboxylic acids is 7. The molecule has 9 N–H and O–H groups in total. The van der Waals surface area contributed by atoms with Gasteiger partial charge in [0.1, 0.15) is 23.9 Å². The molecule has 0 aromatic heterocycles. The van der Waals surface area contributed by atoms with Gasteiger partial charge in [0, 0.05) is 44.7 Å². The molecule has 0 aromatic carbocycles. The lowest BCUT2D eigenvalue weighted by Crippen LogP contribution is -2.46. The number of amides is 5. The first-order valence-corrected chi connectivity index (χ1v) is 19.6. The number of primary amides is 1. The van der Waals surface area contributed by atoms with Crippen LogP contribution in [0.15, 0.2) is 0 Å². The number of Topliss-reactive ketones (excluding diaryl/α,β-unsaturated/α-hetero) is 2. The van der Waals surface area contributed by atoms with E-state index < -0.39 is 83.8 Å². The summed E-state index contributed by atoms with van der Waals surface area (Å²) in [5.41, 5.74) is 5.28. The Kier molecular flexibility index (Phi) is 27.4. The number of unbranched alkanes of at least 4 members (excludes halogenated alkanes) is 9. The first-order valence-electron chi connectivity index (χ1n) is 18.8. The van der Waals surface area contributed by atoms with Gasteiger partial charge in [0.05, 0.1) is 6.04 Å². The van der Waals surface area contributed by atoms with Crippen LogP contribution in [0.5, 0.6) is 0 Å². The summed E-state index contributed by atoms with van der Waals surface area (Å²) in [6.07, 6.45) is 7.62. The van der Waals surface area contributed by atoms with Crippen molar-refractivity contribution in [3.63, 3.8) is 0 Å². The highest BCUT2D eigenvalue weighted by atomic mass is 31.0. The maximum absolute atomic E-state index is 12.6. The zero-order chi connectivity index (χ0) is 41.8. The molecule has 0 rings (SSSR count). The number of carbonyl (C=O) groups is 10. The van der Waals surface area contributed by atoms with Crippen molar-refractivity contribution >= 4 is 68.3 Å². The van der Waals surface area contributed by atoms with Crippen LogP contribution < -0.4 is 27.0 Å². The average Bonchev–Trinajstić information content (AvgIpc) is 3.11. The minimum atomic E-state index is -1.50. The number of hydrogen-bond acceptors (Lipinski definition) is 10. The Balaban J connectivity index is 4.63. The molecule has 0 fully saturated rings. The molecule has 18 nitrogen and oxygen atoms in total. The van der Waals surface area contributed by atoms with Crippen LogP contribution in [0, 0.1) is 0 Å². The van der Waals surface area contributed by atoms with E-state index in [-0.39, 0.29) is 69.7 Å². The van der Waals surface area contributed by atoms with Gasteiger partial charge in [-0.2, -0.15) is 0 Å².